The quantitative estimate of drug-likeness (QED) is 0.443. The van der Waals surface area contributed by atoms with Gasteiger partial charge in [-0.1, -0.05) is 23.7 Å². The molecule has 0 saturated carbocycles. The molecule has 2 aromatic carbocycles. The van der Waals surface area contributed by atoms with Crippen molar-refractivity contribution < 1.29 is 9.90 Å². The first-order valence-electron chi connectivity index (χ1n) is 7.15. The molecule has 122 valence electrons. The Bertz CT molecular complexity index is 854. The smallest absolute Gasteiger partial charge is 0.267 e. The third kappa shape index (κ3) is 4.06. The van der Waals surface area contributed by atoms with Crippen molar-refractivity contribution in [1.82, 2.24) is 0 Å². The molecule has 5 nitrogen and oxygen atoms in total. The van der Waals surface area contributed by atoms with Crippen LogP contribution in [0, 0.1) is 25.2 Å². The number of carbonyl (C=O) groups is 1. The number of phenols is 1. The molecule has 0 bridgehead atoms. The molecule has 1 amide bonds. The fourth-order valence-corrected chi connectivity index (χ4v) is 2.17. The Labute approximate surface area is 145 Å². The van der Waals surface area contributed by atoms with Crippen molar-refractivity contribution in [2.24, 2.45) is 0 Å². The minimum Gasteiger partial charge on any atom is -0.506 e. The fraction of sp³-hybridized carbons (Fsp3) is 0.111. The zero-order valence-corrected chi connectivity index (χ0v) is 14.0. The Morgan fingerprint density at radius 1 is 1.25 bits per heavy atom. The average molecular weight is 342 g/mol. The number of hydrogen-bond acceptors (Lipinski definition) is 4. The maximum Gasteiger partial charge on any atom is 0.267 e. The summed E-state index contributed by atoms with van der Waals surface area (Å²) >= 11 is 6.01. The molecular weight excluding hydrogens is 326 g/mol. The molecular formula is C18H16ClN3O2. The minimum absolute atomic E-state index is 0.0280. The van der Waals surface area contributed by atoms with E-state index in [0.717, 1.165) is 5.56 Å². The van der Waals surface area contributed by atoms with Gasteiger partial charge < -0.3 is 15.7 Å². The average Bonchev–Trinajstić information content (AvgIpc) is 2.55. The number of nitriles is 1. The second-order valence-corrected chi connectivity index (χ2v) is 5.61. The fourth-order valence-electron chi connectivity index (χ4n) is 2.00. The van der Waals surface area contributed by atoms with Crippen molar-refractivity contribution in [3.8, 4) is 11.8 Å². The normalized spacial score (nSPS) is 10.8. The number of rotatable bonds is 4. The van der Waals surface area contributed by atoms with Gasteiger partial charge in [-0.05, 0) is 49.2 Å². The van der Waals surface area contributed by atoms with Gasteiger partial charge in [0.25, 0.3) is 5.91 Å². The standard InChI is InChI=1S/C18H16ClN3O2/c1-11-6-7-17(23)16(8-11)21-10-13(9-20)18(24)22-15-5-3-4-14(19)12(15)2/h3-8,10,21,23H,1-2H3,(H,22,24)/b13-10-. The van der Waals surface area contributed by atoms with Crippen LogP contribution in [0.25, 0.3) is 0 Å². The molecule has 0 spiro atoms. The van der Waals surface area contributed by atoms with Gasteiger partial charge in [0.15, 0.2) is 0 Å². The van der Waals surface area contributed by atoms with E-state index in [1.807, 2.05) is 13.0 Å². The molecule has 24 heavy (non-hydrogen) atoms. The van der Waals surface area contributed by atoms with Crippen LogP contribution in [-0.4, -0.2) is 11.0 Å². The van der Waals surface area contributed by atoms with E-state index in [-0.39, 0.29) is 11.3 Å². The van der Waals surface area contributed by atoms with Crippen molar-refractivity contribution in [1.29, 1.82) is 5.26 Å². The molecule has 0 fully saturated rings. The lowest BCUT2D eigenvalue weighted by Crippen LogP contribution is -2.15. The summed E-state index contributed by atoms with van der Waals surface area (Å²) in [7, 11) is 0. The number of aromatic hydroxyl groups is 1. The number of amides is 1. The number of carbonyl (C=O) groups excluding carboxylic acids is 1. The lowest BCUT2D eigenvalue weighted by Gasteiger charge is -2.09. The largest absolute Gasteiger partial charge is 0.506 e. The highest BCUT2D eigenvalue weighted by atomic mass is 35.5. The second kappa shape index (κ2) is 7.53. The lowest BCUT2D eigenvalue weighted by atomic mass is 10.2. The van der Waals surface area contributed by atoms with E-state index in [1.165, 1.54) is 12.3 Å². The molecule has 0 aromatic heterocycles. The Hall–Kier alpha value is -2.97. The lowest BCUT2D eigenvalue weighted by molar-refractivity contribution is -0.112. The van der Waals surface area contributed by atoms with Crippen LogP contribution in [0.5, 0.6) is 5.75 Å². The first kappa shape index (κ1) is 17.4. The predicted octanol–water partition coefficient (Wildman–Crippen LogP) is 4.12. The van der Waals surface area contributed by atoms with Crippen molar-refractivity contribution in [3.63, 3.8) is 0 Å². The molecule has 0 aliphatic rings. The molecule has 0 aliphatic heterocycles. The summed E-state index contributed by atoms with van der Waals surface area (Å²) in [6.07, 6.45) is 1.25. The van der Waals surface area contributed by atoms with Crippen LogP contribution in [0.4, 0.5) is 11.4 Å². The maximum absolute atomic E-state index is 12.2. The summed E-state index contributed by atoms with van der Waals surface area (Å²) < 4.78 is 0. The molecule has 2 rings (SSSR count). The molecule has 6 heteroatoms. The molecule has 0 heterocycles. The Kier molecular flexibility index (Phi) is 5.46. The van der Waals surface area contributed by atoms with E-state index in [2.05, 4.69) is 10.6 Å². The zero-order chi connectivity index (χ0) is 17.7. The number of nitrogens with one attached hydrogen (secondary N) is 2. The first-order chi connectivity index (χ1) is 11.4. The molecule has 2 aromatic rings. The Balaban J connectivity index is 2.18. The number of phenolic OH excluding ortho intramolecular Hbond substituents is 1. The molecule has 0 unspecified atom stereocenters. The number of anilines is 2. The molecule has 0 saturated heterocycles. The van der Waals surface area contributed by atoms with Gasteiger partial charge in [-0.3, -0.25) is 4.79 Å². The summed E-state index contributed by atoms with van der Waals surface area (Å²) in [5, 5.41) is 24.9. The van der Waals surface area contributed by atoms with Gasteiger partial charge >= 0.3 is 0 Å². The summed E-state index contributed by atoms with van der Waals surface area (Å²) in [5.74, 6) is -0.539. The first-order valence-corrected chi connectivity index (χ1v) is 7.53. The van der Waals surface area contributed by atoms with Crippen molar-refractivity contribution in [3.05, 3.63) is 64.3 Å². The van der Waals surface area contributed by atoms with E-state index in [9.17, 15) is 15.2 Å². The number of halogens is 1. The van der Waals surface area contributed by atoms with Gasteiger partial charge in [-0.15, -0.1) is 0 Å². The van der Waals surface area contributed by atoms with Gasteiger partial charge in [-0.2, -0.15) is 5.26 Å². The highest BCUT2D eigenvalue weighted by Gasteiger charge is 2.12. The topological polar surface area (TPSA) is 85.2 Å². The monoisotopic (exact) mass is 341 g/mol. The van der Waals surface area contributed by atoms with Crippen LogP contribution in [0.3, 0.4) is 0 Å². The number of aryl methyl sites for hydroxylation is 1. The molecule has 0 atom stereocenters. The van der Waals surface area contributed by atoms with Crippen molar-refractivity contribution in [2.45, 2.75) is 13.8 Å². The van der Waals surface area contributed by atoms with Crippen LogP contribution in [0.1, 0.15) is 11.1 Å². The summed E-state index contributed by atoms with van der Waals surface area (Å²) in [4.78, 5) is 12.2. The highest BCUT2D eigenvalue weighted by molar-refractivity contribution is 6.31. The van der Waals surface area contributed by atoms with E-state index < -0.39 is 5.91 Å². The van der Waals surface area contributed by atoms with E-state index in [0.29, 0.717) is 22.0 Å². The van der Waals surface area contributed by atoms with Gasteiger partial charge in [0, 0.05) is 16.9 Å². The summed E-state index contributed by atoms with van der Waals surface area (Å²) in [6.45, 7) is 3.64. The van der Waals surface area contributed by atoms with Crippen LogP contribution >= 0.6 is 11.6 Å². The van der Waals surface area contributed by atoms with Crippen LogP contribution < -0.4 is 10.6 Å². The molecule has 0 aliphatic carbocycles. The van der Waals surface area contributed by atoms with Crippen LogP contribution in [0.15, 0.2) is 48.2 Å². The molecule has 0 radical (unpaired) electrons. The maximum atomic E-state index is 12.2. The number of hydrogen-bond donors (Lipinski definition) is 3. The summed E-state index contributed by atoms with van der Waals surface area (Å²) in [5.41, 5.74) is 2.46. The Morgan fingerprint density at radius 2 is 2.00 bits per heavy atom. The minimum atomic E-state index is -0.567. The molecule has 3 N–H and O–H groups in total. The summed E-state index contributed by atoms with van der Waals surface area (Å²) in [6, 6.07) is 12.0. The van der Waals surface area contributed by atoms with Gasteiger partial charge in [0.05, 0.1) is 5.69 Å². The van der Waals surface area contributed by atoms with Crippen molar-refractivity contribution >= 4 is 28.9 Å². The third-order valence-corrected chi connectivity index (χ3v) is 3.81. The second-order valence-electron chi connectivity index (χ2n) is 5.20. The predicted molar refractivity (Wildman–Crippen MR) is 95.0 cm³/mol. The highest BCUT2D eigenvalue weighted by Crippen LogP contribution is 2.25. The SMILES string of the molecule is Cc1ccc(O)c(N/C=C(/C#N)C(=O)Nc2cccc(Cl)c2C)c1. The van der Waals surface area contributed by atoms with Gasteiger partial charge in [-0.25, -0.2) is 0 Å². The number of nitrogens with zero attached hydrogens (tertiary/aromatic N) is 1. The Morgan fingerprint density at radius 3 is 2.71 bits per heavy atom. The zero-order valence-electron chi connectivity index (χ0n) is 13.2. The van der Waals surface area contributed by atoms with Crippen molar-refractivity contribution in [2.75, 3.05) is 10.6 Å². The van der Waals surface area contributed by atoms with Crippen LogP contribution in [0.2, 0.25) is 5.02 Å². The third-order valence-electron chi connectivity index (χ3n) is 3.41. The van der Waals surface area contributed by atoms with Gasteiger partial charge in [0.1, 0.15) is 17.4 Å². The van der Waals surface area contributed by atoms with Gasteiger partial charge in [0.2, 0.25) is 0 Å². The van der Waals surface area contributed by atoms with E-state index in [1.54, 1.807) is 37.3 Å². The van der Waals surface area contributed by atoms with E-state index in [4.69, 9.17) is 11.6 Å². The number of benzene rings is 2. The van der Waals surface area contributed by atoms with E-state index >= 15 is 0 Å². The van der Waals surface area contributed by atoms with Crippen LogP contribution in [-0.2, 0) is 4.79 Å².